The molecule has 0 bridgehead atoms. The third-order valence-corrected chi connectivity index (χ3v) is 6.38. The fourth-order valence-electron chi connectivity index (χ4n) is 3.34. The standard InChI is InChI=1S/C23H33FN2O4S/c1-13(10-11-23(3,4)5)19(27)14(2)20(30-6)22(29)25-16-12-31-17-9-7-8-15(24)18(17)26-21(16)28/h7-11,13-14,16,19-20,27H,12H2,1-6H3,(H,25,29)(H,26,28)/b11-10+/t13-,14-,16?,19+,20-/m1/s1. The van der Waals surface area contributed by atoms with E-state index in [-0.39, 0.29) is 22.8 Å². The number of halogens is 1. The smallest absolute Gasteiger partial charge is 0.250 e. The molecule has 1 heterocycles. The molecule has 3 N–H and O–H groups in total. The number of carbonyl (C=O) groups excluding carboxylic acids is 2. The van der Waals surface area contributed by atoms with Gasteiger partial charge in [-0.05, 0) is 17.5 Å². The Balaban J connectivity index is 2.06. The molecule has 2 rings (SSSR count). The second-order valence-corrected chi connectivity index (χ2v) is 10.1. The van der Waals surface area contributed by atoms with Crippen LogP contribution in [0.1, 0.15) is 34.6 Å². The fraction of sp³-hybridized carbons (Fsp3) is 0.565. The maximum Gasteiger partial charge on any atom is 0.250 e. The molecule has 0 spiro atoms. The zero-order valence-electron chi connectivity index (χ0n) is 18.9. The summed E-state index contributed by atoms with van der Waals surface area (Å²) < 4.78 is 19.4. The Hall–Kier alpha value is -1.90. The number of nitrogens with one attached hydrogen (secondary N) is 2. The van der Waals surface area contributed by atoms with E-state index in [4.69, 9.17) is 4.74 Å². The number of methoxy groups -OCH3 is 1. The molecule has 8 heteroatoms. The maximum absolute atomic E-state index is 14.0. The highest BCUT2D eigenvalue weighted by Crippen LogP contribution is 2.32. The summed E-state index contributed by atoms with van der Waals surface area (Å²) in [6.07, 6.45) is 2.21. The van der Waals surface area contributed by atoms with Gasteiger partial charge in [0.25, 0.3) is 0 Å². The molecule has 2 amide bonds. The number of hydrogen-bond donors (Lipinski definition) is 3. The minimum Gasteiger partial charge on any atom is -0.392 e. The number of fused-ring (bicyclic) bond motifs is 1. The van der Waals surface area contributed by atoms with Crippen LogP contribution in [0.4, 0.5) is 10.1 Å². The lowest BCUT2D eigenvalue weighted by Gasteiger charge is -2.30. The van der Waals surface area contributed by atoms with Crippen LogP contribution in [0, 0.1) is 23.1 Å². The molecule has 172 valence electrons. The van der Waals surface area contributed by atoms with Crippen molar-refractivity contribution in [3.05, 3.63) is 36.2 Å². The zero-order chi connectivity index (χ0) is 23.3. The van der Waals surface area contributed by atoms with Crippen LogP contribution in [0.15, 0.2) is 35.2 Å². The Labute approximate surface area is 188 Å². The zero-order valence-corrected chi connectivity index (χ0v) is 19.8. The Morgan fingerprint density at radius 3 is 2.68 bits per heavy atom. The molecule has 1 aromatic rings. The van der Waals surface area contributed by atoms with Crippen molar-refractivity contribution in [3.63, 3.8) is 0 Å². The Morgan fingerprint density at radius 1 is 1.39 bits per heavy atom. The SMILES string of the molecule is CO[C@@H](C(=O)NC1CSc2cccc(F)c2NC1=O)[C@H](C)[C@@H](O)[C@H](C)/C=C/C(C)(C)C. The van der Waals surface area contributed by atoms with Crippen LogP contribution >= 0.6 is 11.8 Å². The molecule has 5 atom stereocenters. The largest absolute Gasteiger partial charge is 0.392 e. The van der Waals surface area contributed by atoms with E-state index < -0.39 is 41.8 Å². The number of ether oxygens (including phenoxy) is 1. The summed E-state index contributed by atoms with van der Waals surface area (Å²) in [4.78, 5) is 26.1. The predicted molar refractivity (Wildman–Crippen MR) is 121 cm³/mol. The van der Waals surface area contributed by atoms with Gasteiger partial charge in [0.2, 0.25) is 11.8 Å². The summed E-state index contributed by atoms with van der Waals surface area (Å²) in [5.74, 6) is -1.95. The number of hydrogen-bond acceptors (Lipinski definition) is 5. The minimum absolute atomic E-state index is 0.0170. The monoisotopic (exact) mass is 452 g/mol. The van der Waals surface area contributed by atoms with Crippen molar-refractivity contribution in [2.45, 2.75) is 57.8 Å². The van der Waals surface area contributed by atoms with Crippen LogP contribution in [0.2, 0.25) is 0 Å². The van der Waals surface area contributed by atoms with Crippen molar-refractivity contribution in [2.24, 2.45) is 17.3 Å². The Kier molecular flexibility index (Phi) is 8.68. The number of amides is 2. The number of aliphatic hydroxyl groups is 1. The fourth-order valence-corrected chi connectivity index (χ4v) is 4.39. The summed E-state index contributed by atoms with van der Waals surface area (Å²) in [7, 11) is 1.40. The summed E-state index contributed by atoms with van der Waals surface area (Å²) >= 11 is 1.29. The maximum atomic E-state index is 14.0. The molecule has 31 heavy (non-hydrogen) atoms. The van der Waals surface area contributed by atoms with E-state index in [1.807, 2.05) is 19.1 Å². The van der Waals surface area contributed by atoms with E-state index in [2.05, 4.69) is 31.4 Å². The van der Waals surface area contributed by atoms with E-state index in [0.29, 0.717) is 4.90 Å². The Bertz CT molecular complexity index is 824. The lowest BCUT2D eigenvalue weighted by atomic mass is 9.86. The van der Waals surface area contributed by atoms with Gasteiger partial charge in [-0.2, -0.15) is 0 Å². The predicted octanol–water partition coefficient (Wildman–Crippen LogP) is 3.61. The van der Waals surface area contributed by atoms with Gasteiger partial charge in [0.05, 0.1) is 11.8 Å². The second-order valence-electron chi connectivity index (χ2n) is 9.06. The van der Waals surface area contributed by atoms with Crippen molar-refractivity contribution >= 4 is 29.3 Å². The van der Waals surface area contributed by atoms with Gasteiger partial charge in [0, 0.05) is 29.6 Å². The van der Waals surface area contributed by atoms with E-state index >= 15 is 0 Å². The number of allylic oxidation sites excluding steroid dienone is 1. The number of benzene rings is 1. The molecular formula is C23H33FN2O4S. The van der Waals surface area contributed by atoms with Gasteiger partial charge in [0.15, 0.2) is 0 Å². The van der Waals surface area contributed by atoms with Crippen molar-refractivity contribution in [1.29, 1.82) is 0 Å². The molecule has 0 aromatic heterocycles. The first-order chi connectivity index (χ1) is 14.4. The molecule has 0 saturated heterocycles. The molecular weight excluding hydrogens is 419 g/mol. The normalized spacial score (nSPS) is 20.9. The lowest BCUT2D eigenvalue weighted by Crippen LogP contribution is -2.52. The molecule has 0 saturated carbocycles. The molecule has 1 aromatic carbocycles. The molecule has 1 aliphatic heterocycles. The molecule has 0 fully saturated rings. The van der Waals surface area contributed by atoms with Crippen LogP contribution in [0.25, 0.3) is 0 Å². The van der Waals surface area contributed by atoms with Crippen molar-refractivity contribution < 1.29 is 23.8 Å². The van der Waals surface area contributed by atoms with Gasteiger partial charge >= 0.3 is 0 Å². The molecule has 6 nitrogen and oxygen atoms in total. The summed E-state index contributed by atoms with van der Waals surface area (Å²) in [5.41, 5.74) is 0.109. The number of thioether (sulfide) groups is 1. The average molecular weight is 453 g/mol. The lowest BCUT2D eigenvalue weighted by molar-refractivity contribution is -0.139. The number of para-hydroxylation sites is 1. The van der Waals surface area contributed by atoms with E-state index in [1.54, 1.807) is 19.1 Å². The van der Waals surface area contributed by atoms with E-state index in [0.717, 1.165) is 0 Å². The Morgan fingerprint density at radius 2 is 2.06 bits per heavy atom. The minimum atomic E-state index is -0.944. The van der Waals surface area contributed by atoms with Crippen molar-refractivity contribution in [3.8, 4) is 0 Å². The first kappa shape index (κ1) is 25.4. The van der Waals surface area contributed by atoms with Crippen LogP contribution in [-0.2, 0) is 14.3 Å². The van der Waals surface area contributed by atoms with E-state index in [1.165, 1.54) is 24.9 Å². The highest BCUT2D eigenvalue weighted by atomic mass is 32.2. The molecule has 0 aliphatic carbocycles. The second kappa shape index (κ2) is 10.6. The molecule has 0 radical (unpaired) electrons. The summed E-state index contributed by atoms with van der Waals surface area (Å²) in [5, 5.41) is 16.0. The van der Waals surface area contributed by atoms with Gasteiger partial charge in [-0.25, -0.2) is 4.39 Å². The van der Waals surface area contributed by atoms with Gasteiger partial charge in [-0.1, -0.05) is 52.8 Å². The van der Waals surface area contributed by atoms with Gasteiger partial charge in [-0.15, -0.1) is 11.8 Å². The molecule has 1 unspecified atom stereocenters. The van der Waals surface area contributed by atoms with Gasteiger partial charge in [0.1, 0.15) is 18.0 Å². The van der Waals surface area contributed by atoms with Crippen LogP contribution in [0.3, 0.4) is 0 Å². The first-order valence-electron chi connectivity index (χ1n) is 10.4. The average Bonchev–Trinajstić information content (AvgIpc) is 2.85. The summed E-state index contributed by atoms with van der Waals surface area (Å²) in [6.45, 7) is 9.83. The molecule has 1 aliphatic rings. The topological polar surface area (TPSA) is 87.7 Å². The highest BCUT2D eigenvalue weighted by Gasteiger charge is 2.35. The van der Waals surface area contributed by atoms with Gasteiger partial charge in [-0.3, -0.25) is 9.59 Å². The van der Waals surface area contributed by atoms with Crippen LogP contribution in [-0.4, -0.2) is 48.0 Å². The number of rotatable bonds is 7. The summed E-state index contributed by atoms with van der Waals surface area (Å²) in [6, 6.07) is 3.71. The number of anilines is 1. The van der Waals surface area contributed by atoms with Crippen LogP contribution in [0.5, 0.6) is 0 Å². The van der Waals surface area contributed by atoms with Crippen molar-refractivity contribution in [2.75, 3.05) is 18.2 Å². The third kappa shape index (κ3) is 6.79. The van der Waals surface area contributed by atoms with Crippen LogP contribution < -0.4 is 10.6 Å². The van der Waals surface area contributed by atoms with Crippen molar-refractivity contribution in [1.82, 2.24) is 5.32 Å². The quantitative estimate of drug-likeness (QED) is 0.550. The third-order valence-electron chi connectivity index (χ3n) is 5.23. The number of aliphatic hydroxyl groups excluding tert-OH is 1. The first-order valence-corrected chi connectivity index (χ1v) is 11.4. The number of carbonyl (C=O) groups is 2. The highest BCUT2D eigenvalue weighted by molar-refractivity contribution is 7.99. The van der Waals surface area contributed by atoms with Gasteiger partial charge < -0.3 is 20.5 Å². The van der Waals surface area contributed by atoms with E-state index in [9.17, 15) is 19.1 Å².